The number of thiazole rings is 1. The summed E-state index contributed by atoms with van der Waals surface area (Å²) in [6.07, 6.45) is 1.76. The van der Waals surface area contributed by atoms with Crippen molar-refractivity contribution in [2.24, 2.45) is 0 Å². The lowest BCUT2D eigenvalue weighted by molar-refractivity contribution is 0.596. The van der Waals surface area contributed by atoms with Crippen molar-refractivity contribution < 1.29 is 8.78 Å². The standard InChI is InChI=1S/C14H16BrF2N3S/c1-3-20(4-2)14-19-8-9(21-14)7-18-13-6-11(16)10(15)5-12(13)17/h5-6,8,18H,3-4,7H2,1-2H3. The molecule has 0 saturated carbocycles. The summed E-state index contributed by atoms with van der Waals surface area (Å²) in [5.41, 5.74) is 0.147. The molecule has 0 spiro atoms. The first-order chi connectivity index (χ1) is 10.0. The van der Waals surface area contributed by atoms with Crippen molar-refractivity contribution in [2.75, 3.05) is 23.3 Å². The average Bonchev–Trinajstić information content (AvgIpc) is 2.91. The molecule has 1 heterocycles. The van der Waals surface area contributed by atoms with Gasteiger partial charge in [0.15, 0.2) is 5.13 Å². The van der Waals surface area contributed by atoms with E-state index in [1.165, 1.54) is 0 Å². The minimum absolute atomic E-state index is 0.118. The van der Waals surface area contributed by atoms with Gasteiger partial charge in [-0.1, -0.05) is 0 Å². The lowest BCUT2D eigenvalue weighted by Crippen LogP contribution is -2.21. The zero-order valence-corrected chi connectivity index (χ0v) is 14.2. The van der Waals surface area contributed by atoms with Crippen molar-refractivity contribution in [1.82, 2.24) is 4.98 Å². The summed E-state index contributed by atoms with van der Waals surface area (Å²) in [7, 11) is 0. The van der Waals surface area contributed by atoms with Gasteiger partial charge in [0.1, 0.15) is 11.6 Å². The maximum atomic E-state index is 13.7. The predicted molar refractivity (Wildman–Crippen MR) is 87.1 cm³/mol. The summed E-state index contributed by atoms with van der Waals surface area (Å²) >= 11 is 4.50. The lowest BCUT2D eigenvalue weighted by atomic mass is 10.3. The van der Waals surface area contributed by atoms with Gasteiger partial charge in [-0.05, 0) is 35.8 Å². The first kappa shape index (κ1) is 16.2. The Morgan fingerprint density at radius 3 is 2.62 bits per heavy atom. The van der Waals surface area contributed by atoms with E-state index < -0.39 is 11.6 Å². The number of halogens is 3. The number of nitrogens with zero attached hydrogens (tertiary/aromatic N) is 2. The molecule has 0 unspecified atom stereocenters. The number of benzene rings is 1. The van der Waals surface area contributed by atoms with Gasteiger partial charge in [0, 0.05) is 30.2 Å². The van der Waals surface area contributed by atoms with Crippen LogP contribution in [0.15, 0.2) is 22.8 Å². The summed E-state index contributed by atoms with van der Waals surface area (Å²) in [5, 5.41) is 3.85. The van der Waals surface area contributed by atoms with E-state index in [2.05, 4.69) is 45.0 Å². The summed E-state index contributed by atoms with van der Waals surface area (Å²) in [6.45, 7) is 6.34. The molecule has 0 fully saturated rings. The Bertz CT molecular complexity index is 614. The summed E-state index contributed by atoms with van der Waals surface area (Å²) in [4.78, 5) is 7.47. The van der Waals surface area contributed by atoms with Gasteiger partial charge in [-0.25, -0.2) is 13.8 Å². The zero-order chi connectivity index (χ0) is 15.4. The van der Waals surface area contributed by atoms with E-state index in [9.17, 15) is 8.78 Å². The molecule has 0 atom stereocenters. The zero-order valence-electron chi connectivity index (χ0n) is 11.8. The molecule has 2 rings (SSSR count). The molecule has 1 aromatic heterocycles. The fourth-order valence-electron chi connectivity index (χ4n) is 1.86. The highest BCUT2D eigenvalue weighted by molar-refractivity contribution is 9.10. The van der Waals surface area contributed by atoms with E-state index in [4.69, 9.17) is 0 Å². The van der Waals surface area contributed by atoms with Gasteiger partial charge in [0.05, 0.1) is 16.7 Å². The number of nitrogens with one attached hydrogen (secondary N) is 1. The minimum Gasteiger partial charge on any atom is -0.378 e. The molecule has 0 aliphatic rings. The normalized spacial score (nSPS) is 10.7. The number of hydrogen-bond donors (Lipinski definition) is 1. The van der Waals surface area contributed by atoms with Gasteiger partial charge in [0.25, 0.3) is 0 Å². The minimum atomic E-state index is -0.493. The van der Waals surface area contributed by atoms with Crippen LogP contribution in [0, 0.1) is 11.6 Å². The topological polar surface area (TPSA) is 28.2 Å². The van der Waals surface area contributed by atoms with E-state index >= 15 is 0 Å². The quantitative estimate of drug-likeness (QED) is 0.745. The predicted octanol–water partition coefficient (Wildman–Crippen LogP) is 4.64. The third kappa shape index (κ3) is 3.91. The largest absolute Gasteiger partial charge is 0.378 e. The summed E-state index contributed by atoms with van der Waals surface area (Å²) in [6, 6.07) is 2.26. The van der Waals surface area contributed by atoms with Gasteiger partial charge < -0.3 is 10.2 Å². The molecular formula is C14H16BrF2N3S. The number of anilines is 2. The lowest BCUT2D eigenvalue weighted by Gasteiger charge is -2.16. The molecule has 2 aromatic rings. The average molecular weight is 376 g/mol. The van der Waals surface area contributed by atoms with Crippen LogP contribution in [-0.2, 0) is 6.54 Å². The third-order valence-corrected chi connectivity index (χ3v) is 4.70. The molecule has 114 valence electrons. The molecule has 0 saturated heterocycles. The van der Waals surface area contributed by atoms with Gasteiger partial charge in [0.2, 0.25) is 0 Å². The Hall–Kier alpha value is -1.21. The van der Waals surface area contributed by atoms with Crippen LogP contribution in [0.3, 0.4) is 0 Å². The van der Waals surface area contributed by atoms with Gasteiger partial charge in [-0.15, -0.1) is 11.3 Å². The van der Waals surface area contributed by atoms with Gasteiger partial charge >= 0.3 is 0 Å². The SMILES string of the molecule is CCN(CC)c1ncc(CNc2cc(F)c(Br)cc2F)s1. The summed E-state index contributed by atoms with van der Waals surface area (Å²) in [5.74, 6) is -0.983. The van der Waals surface area contributed by atoms with Crippen molar-refractivity contribution in [2.45, 2.75) is 20.4 Å². The van der Waals surface area contributed by atoms with Crippen LogP contribution in [-0.4, -0.2) is 18.1 Å². The van der Waals surface area contributed by atoms with Gasteiger partial charge in [-0.3, -0.25) is 0 Å². The van der Waals surface area contributed by atoms with Crippen molar-refractivity contribution >= 4 is 38.1 Å². The Balaban J connectivity index is 2.05. The fraction of sp³-hybridized carbons (Fsp3) is 0.357. The maximum absolute atomic E-state index is 13.7. The van der Waals surface area contributed by atoms with Crippen LogP contribution in [0.1, 0.15) is 18.7 Å². The molecule has 0 aliphatic carbocycles. The second kappa shape index (κ2) is 7.17. The second-order valence-electron chi connectivity index (χ2n) is 4.38. The molecular weight excluding hydrogens is 360 g/mol. The van der Waals surface area contributed by atoms with E-state index in [1.807, 2.05) is 0 Å². The number of hydrogen-bond acceptors (Lipinski definition) is 4. The molecule has 7 heteroatoms. The second-order valence-corrected chi connectivity index (χ2v) is 6.33. The van der Waals surface area contributed by atoms with Crippen LogP contribution in [0.25, 0.3) is 0 Å². The van der Waals surface area contributed by atoms with Crippen molar-refractivity contribution in [3.63, 3.8) is 0 Å². The van der Waals surface area contributed by atoms with E-state index in [0.717, 1.165) is 35.2 Å². The highest BCUT2D eigenvalue weighted by atomic mass is 79.9. The van der Waals surface area contributed by atoms with Gasteiger partial charge in [-0.2, -0.15) is 0 Å². The Morgan fingerprint density at radius 2 is 1.95 bits per heavy atom. The fourth-order valence-corrected chi connectivity index (χ4v) is 3.15. The van der Waals surface area contributed by atoms with Crippen molar-refractivity contribution in [3.8, 4) is 0 Å². The van der Waals surface area contributed by atoms with Crippen LogP contribution in [0.4, 0.5) is 19.6 Å². The molecule has 1 aromatic carbocycles. The molecule has 21 heavy (non-hydrogen) atoms. The van der Waals surface area contributed by atoms with Crippen LogP contribution in [0.5, 0.6) is 0 Å². The number of aromatic nitrogens is 1. The van der Waals surface area contributed by atoms with E-state index in [0.29, 0.717) is 6.54 Å². The summed E-state index contributed by atoms with van der Waals surface area (Å²) < 4.78 is 27.2. The molecule has 3 nitrogen and oxygen atoms in total. The molecule has 0 radical (unpaired) electrons. The molecule has 0 aliphatic heterocycles. The van der Waals surface area contributed by atoms with E-state index in [1.54, 1.807) is 17.5 Å². The third-order valence-electron chi connectivity index (χ3n) is 3.04. The van der Waals surface area contributed by atoms with Crippen molar-refractivity contribution in [3.05, 3.63) is 39.3 Å². The highest BCUT2D eigenvalue weighted by Crippen LogP contribution is 2.26. The van der Waals surface area contributed by atoms with Crippen LogP contribution >= 0.6 is 27.3 Å². The first-order valence-electron chi connectivity index (χ1n) is 6.63. The van der Waals surface area contributed by atoms with Crippen LogP contribution < -0.4 is 10.2 Å². The Morgan fingerprint density at radius 1 is 1.24 bits per heavy atom. The van der Waals surface area contributed by atoms with Crippen molar-refractivity contribution in [1.29, 1.82) is 0 Å². The molecule has 0 amide bonds. The monoisotopic (exact) mass is 375 g/mol. The smallest absolute Gasteiger partial charge is 0.185 e. The Labute approximate surface area is 135 Å². The highest BCUT2D eigenvalue weighted by Gasteiger charge is 2.10. The maximum Gasteiger partial charge on any atom is 0.185 e. The molecule has 0 bridgehead atoms. The van der Waals surface area contributed by atoms with Crippen LogP contribution in [0.2, 0.25) is 0 Å². The number of rotatable bonds is 6. The first-order valence-corrected chi connectivity index (χ1v) is 8.24. The Kier molecular flexibility index (Phi) is 5.52. The molecule has 1 N–H and O–H groups in total. The van der Waals surface area contributed by atoms with E-state index in [-0.39, 0.29) is 10.2 Å².